The maximum atomic E-state index is 11.3. The van der Waals surface area contributed by atoms with Gasteiger partial charge in [0, 0.05) is 6.42 Å². The van der Waals surface area contributed by atoms with Crippen LogP contribution < -0.4 is 0 Å². The minimum absolute atomic E-state index is 0.152. The Hall–Kier alpha value is -1.48. The van der Waals surface area contributed by atoms with E-state index in [0.717, 1.165) is 6.42 Å². The zero-order valence-electron chi connectivity index (χ0n) is 8.45. The van der Waals surface area contributed by atoms with Gasteiger partial charge < -0.3 is 10.3 Å². The molecule has 0 N–H and O–H groups in total. The standard InChI is InChI=1S/C9H14N2O3/c1-3-5-6-7(12)8(11-10)9(13)14-4-2/h3-6H2,1-2H3. The smallest absolute Gasteiger partial charge is 0.441 e. The maximum Gasteiger partial charge on any atom is 0.441 e. The first kappa shape index (κ1) is 12.5. The van der Waals surface area contributed by atoms with Crippen molar-refractivity contribution < 1.29 is 19.1 Å². The minimum Gasteiger partial charge on any atom is -0.457 e. The second-order valence-electron chi connectivity index (χ2n) is 2.70. The molecular formula is C9H14N2O3. The number of carbonyl (C=O) groups excluding carboxylic acids is 2. The number of Topliss-reactive ketones (excluding diaryl/α,β-unsaturated/α-hetero) is 1. The average Bonchev–Trinajstić information content (AvgIpc) is 2.16. The fourth-order valence-electron chi connectivity index (χ4n) is 0.866. The van der Waals surface area contributed by atoms with Crippen molar-refractivity contribution in [2.75, 3.05) is 6.61 Å². The Morgan fingerprint density at radius 3 is 2.43 bits per heavy atom. The van der Waals surface area contributed by atoms with Crippen LogP contribution in [0.3, 0.4) is 0 Å². The molecule has 5 heteroatoms. The van der Waals surface area contributed by atoms with Crippen molar-refractivity contribution in [3.05, 3.63) is 5.53 Å². The van der Waals surface area contributed by atoms with Gasteiger partial charge in [0.1, 0.15) is 0 Å². The Balaban J connectivity index is 4.35. The summed E-state index contributed by atoms with van der Waals surface area (Å²) in [5, 5.41) is 0. The van der Waals surface area contributed by atoms with Gasteiger partial charge in [-0.2, -0.15) is 4.79 Å². The Labute approximate surface area is 82.7 Å². The molecule has 5 nitrogen and oxygen atoms in total. The van der Waals surface area contributed by atoms with Crippen LogP contribution in [0.4, 0.5) is 0 Å². The van der Waals surface area contributed by atoms with Crippen molar-refractivity contribution in [2.45, 2.75) is 33.1 Å². The lowest BCUT2D eigenvalue weighted by Gasteiger charge is -1.96. The molecule has 0 saturated carbocycles. The molecule has 0 aromatic carbocycles. The van der Waals surface area contributed by atoms with Crippen LogP contribution in [-0.4, -0.2) is 28.9 Å². The fourth-order valence-corrected chi connectivity index (χ4v) is 0.866. The number of unbranched alkanes of at least 4 members (excludes halogenated alkanes) is 1. The number of ether oxygens (including phenoxy) is 1. The van der Waals surface area contributed by atoms with Crippen LogP contribution in [0.2, 0.25) is 0 Å². The monoisotopic (exact) mass is 198 g/mol. The SMILES string of the molecule is CCCCC(=O)C(=[N+]=[N-])C(=O)OCC. The molecule has 0 saturated heterocycles. The molecule has 0 aliphatic heterocycles. The summed E-state index contributed by atoms with van der Waals surface area (Å²) in [6.45, 7) is 3.69. The maximum absolute atomic E-state index is 11.3. The third kappa shape index (κ3) is 3.96. The fraction of sp³-hybridized carbons (Fsp3) is 0.667. The van der Waals surface area contributed by atoms with Crippen molar-refractivity contribution in [3.8, 4) is 0 Å². The van der Waals surface area contributed by atoms with Gasteiger partial charge in [0.05, 0.1) is 6.61 Å². The largest absolute Gasteiger partial charge is 0.457 e. The lowest BCUT2D eigenvalue weighted by Crippen LogP contribution is -2.27. The van der Waals surface area contributed by atoms with Crippen LogP contribution in [0.5, 0.6) is 0 Å². The number of hydrogen-bond acceptors (Lipinski definition) is 3. The highest BCUT2D eigenvalue weighted by Crippen LogP contribution is 1.97. The normalized spacial score (nSPS) is 9.00. The van der Waals surface area contributed by atoms with Crippen molar-refractivity contribution in [2.24, 2.45) is 0 Å². The Morgan fingerprint density at radius 1 is 1.36 bits per heavy atom. The van der Waals surface area contributed by atoms with Crippen LogP contribution >= 0.6 is 0 Å². The molecule has 0 aliphatic carbocycles. The molecule has 0 heterocycles. The van der Waals surface area contributed by atoms with Gasteiger partial charge in [-0.25, -0.2) is 4.79 Å². The molecule has 0 amide bonds. The summed E-state index contributed by atoms with van der Waals surface area (Å²) in [7, 11) is 0. The number of esters is 1. The predicted octanol–water partition coefficient (Wildman–Crippen LogP) is 0.980. The second-order valence-corrected chi connectivity index (χ2v) is 2.70. The molecule has 0 rings (SSSR count). The highest BCUT2D eigenvalue weighted by Gasteiger charge is 2.29. The average molecular weight is 198 g/mol. The summed E-state index contributed by atoms with van der Waals surface area (Å²) in [6.07, 6.45) is 1.71. The molecule has 0 spiro atoms. The molecule has 0 aromatic heterocycles. The van der Waals surface area contributed by atoms with Crippen LogP contribution in [-0.2, 0) is 14.3 Å². The number of ketones is 1. The molecular weight excluding hydrogens is 184 g/mol. The highest BCUT2D eigenvalue weighted by molar-refractivity contribution is 6.62. The molecule has 0 bridgehead atoms. The van der Waals surface area contributed by atoms with Gasteiger partial charge in [-0.15, -0.1) is 0 Å². The molecule has 0 aliphatic rings. The molecule has 14 heavy (non-hydrogen) atoms. The Morgan fingerprint density at radius 2 is 2.00 bits per heavy atom. The molecule has 0 radical (unpaired) electrons. The van der Waals surface area contributed by atoms with Crippen molar-refractivity contribution >= 4 is 17.5 Å². The molecule has 0 unspecified atom stereocenters. The summed E-state index contributed by atoms with van der Waals surface area (Å²) in [5.41, 5.74) is 7.95. The predicted molar refractivity (Wildman–Crippen MR) is 49.8 cm³/mol. The summed E-state index contributed by atoms with van der Waals surface area (Å²) in [6, 6.07) is 0. The number of rotatable bonds is 6. The van der Waals surface area contributed by atoms with Gasteiger partial charge in [-0.3, -0.25) is 4.79 Å². The third-order valence-corrected chi connectivity index (χ3v) is 1.59. The lowest BCUT2D eigenvalue weighted by atomic mass is 10.1. The van der Waals surface area contributed by atoms with E-state index in [9.17, 15) is 9.59 Å². The number of nitrogens with zero attached hydrogens (tertiary/aromatic N) is 2. The van der Waals surface area contributed by atoms with Crippen LogP contribution in [0.15, 0.2) is 0 Å². The highest BCUT2D eigenvalue weighted by atomic mass is 16.5. The Bertz CT molecular complexity index is 267. The molecule has 0 aromatic rings. The van der Waals surface area contributed by atoms with E-state index in [1.807, 2.05) is 6.92 Å². The topological polar surface area (TPSA) is 79.8 Å². The molecule has 0 atom stereocenters. The minimum atomic E-state index is -0.865. The van der Waals surface area contributed by atoms with E-state index in [4.69, 9.17) is 5.53 Å². The van der Waals surface area contributed by atoms with E-state index in [0.29, 0.717) is 6.42 Å². The van der Waals surface area contributed by atoms with E-state index in [2.05, 4.69) is 9.53 Å². The van der Waals surface area contributed by atoms with Gasteiger partial charge >= 0.3 is 11.7 Å². The van der Waals surface area contributed by atoms with E-state index in [1.165, 1.54) is 0 Å². The lowest BCUT2D eigenvalue weighted by molar-refractivity contribution is -0.141. The van der Waals surface area contributed by atoms with Gasteiger partial charge in [0.25, 0.3) is 5.78 Å². The summed E-state index contributed by atoms with van der Waals surface area (Å²) in [4.78, 5) is 25.0. The van der Waals surface area contributed by atoms with Gasteiger partial charge in [-0.05, 0) is 13.3 Å². The zero-order valence-corrected chi connectivity index (χ0v) is 8.45. The summed E-state index contributed by atoms with van der Waals surface area (Å²) < 4.78 is 4.55. The van der Waals surface area contributed by atoms with Crippen molar-refractivity contribution in [3.63, 3.8) is 0 Å². The molecule has 0 fully saturated rings. The van der Waals surface area contributed by atoms with Gasteiger partial charge in [0.15, 0.2) is 0 Å². The third-order valence-electron chi connectivity index (χ3n) is 1.59. The first-order chi connectivity index (χ1) is 6.67. The number of hydrogen-bond donors (Lipinski definition) is 0. The summed E-state index contributed by atoms with van der Waals surface area (Å²) >= 11 is 0. The van der Waals surface area contributed by atoms with Gasteiger partial charge in [0.2, 0.25) is 0 Å². The first-order valence-electron chi connectivity index (χ1n) is 4.59. The van der Waals surface area contributed by atoms with E-state index < -0.39 is 17.5 Å². The van der Waals surface area contributed by atoms with Gasteiger partial charge in [-0.1, -0.05) is 13.3 Å². The molecule has 78 valence electrons. The quantitative estimate of drug-likeness (QED) is 0.210. The number of carbonyl (C=O) groups is 2. The van der Waals surface area contributed by atoms with Crippen LogP contribution in [0.25, 0.3) is 5.53 Å². The van der Waals surface area contributed by atoms with Crippen molar-refractivity contribution in [1.29, 1.82) is 0 Å². The van der Waals surface area contributed by atoms with Crippen molar-refractivity contribution in [1.82, 2.24) is 0 Å². The Kier molecular flexibility index (Phi) is 6.24. The van der Waals surface area contributed by atoms with Crippen LogP contribution in [0.1, 0.15) is 33.1 Å². The second kappa shape index (κ2) is 6.97. The zero-order chi connectivity index (χ0) is 11.0. The first-order valence-corrected chi connectivity index (χ1v) is 4.59. The van der Waals surface area contributed by atoms with E-state index >= 15 is 0 Å². The van der Waals surface area contributed by atoms with Crippen LogP contribution in [0, 0.1) is 0 Å². The van der Waals surface area contributed by atoms with E-state index in [1.54, 1.807) is 6.92 Å². The van der Waals surface area contributed by atoms with E-state index in [-0.39, 0.29) is 13.0 Å². The summed E-state index contributed by atoms with van der Waals surface area (Å²) in [5.74, 6) is -1.34.